The van der Waals surface area contributed by atoms with Gasteiger partial charge >= 0.3 is 0 Å². The molecule has 146 valence electrons. The third kappa shape index (κ3) is 3.91. The predicted octanol–water partition coefficient (Wildman–Crippen LogP) is 5.31. The number of ether oxygens (including phenoxy) is 3. The maximum Gasteiger partial charge on any atom is 0.235 e. The monoisotopic (exact) mass is 392 g/mol. The molecule has 0 fully saturated rings. The fraction of sp³-hybridized carbons (Fsp3) is 0.0870. The van der Waals surface area contributed by atoms with Crippen LogP contribution in [-0.2, 0) is 6.61 Å². The molecule has 4 aromatic rings. The van der Waals surface area contributed by atoms with E-state index in [0.717, 1.165) is 0 Å². The van der Waals surface area contributed by atoms with E-state index in [1.165, 1.54) is 19.4 Å². The van der Waals surface area contributed by atoms with Crippen molar-refractivity contribution in [2.45, 2.75) is 6.61 Å². The van der Waals surface area contributed by atoms with Crippen LogP contribution in [0.15, 0.2) is 82.2 Å². The van der Waals surface area contributed by atoms with Gasteiger partial charge < -0.3 is 18.6 Å². The van der Waals surface area contributed by atoms with Crippen LogP contribution < -0.4 is 19.6 Å². The van der Waals surface area contributed by atoms with Gasteiger partial charge in [-0.15, -0.1) is 0 Å². The lowest BCUT2D eigenvalue weighted by atomic mass is 10.2. The van der Waals surface area contributed by atoms with Crippen LogP contribution in [0, 0.1) is 5.82 Å². The summed E-state index contributed by atoms with van der Waals surface area (Å²) in [5, 5.41) is 0.343. The predicted molar refractivity (Wildman–Crippen MR) is 106 cm³/mol. The molecule has 0 aliphatic heterocycles. The first-order valence-corrected chi connectivity index (χ1v) is 8.88. The number of fused-ring (bicyclic) bond motifs is 1. The quantitative estimate of drug-likeness (QED) is 0.445. The van der Waals surface area contributed by atoms with Gasteiger partial charge in [-0.2, -0.15) is 0 Å². The van der Waals surface area contributed by atoms with Gasteiger partial charge in [-0.3, -0.25) is 4.79 Å². The molecule has 1 aromatic heterocycles. The van der Waals surface area contributed by atoms with Gasteiger partial charge in [0.15, 0.2) is 11.5 Å². The fourth-order valence-corrected chi connectivity index (χ4v) is 2.85. The minimum atomic E-state index is -0.335. The molecule has 0 bridgehead atoms. The number of hydrogen-bond donors (Lipinski definition) is 0. The van der Waals surface area contributed by atoms with Gasteiger partial charge in [-0.1, -0.05) is 30.3 Å². The van der Waals surface area contributed by atoms with Crippen molar-refractivity contribution in [1.82, 2.24) is 0 Å². The summed E-state index contributed by atoms with van der Waals surface area (Å²) in [7, 11) is 1.52. The van der Waals surface area contributed by atoms with Crippen molar-refractivity contribution in [3.05, 3.63) is 94.6 Å². The first-order valence-electron chi connectivity index (χ1n) is 8.88. The number of methoxy groups -OCH3 is 1. The van der Waals surface area contributed by atoms with Crippen molar-refractivity contribution in [3.8, 4) is 23.0 Å². The SMILES string of the molecule is COc1ccccc1Oc1coc2cc(OCc3ccccc3F)ccc2c1=O. The fourth-order valence-electron chi connectivity index (χ4n) is 2.85. The van der Waals surface area contributed by atoms with Crippen molar-refractivity contribution in [3.63, 3.8) is 0 Å². The largest absolute Gasteiger partial charge is 0.493 e. The lowest BCUT2D eigenvalue weighted by Crippen LogP contribution is -2.05. The summed E-state index contributed by atoms with van der Waals surface area (Å²) < 4.78 is 35.8. The Morgan fingerprint density at radius 3 is 2.48 bits per heavy atom. The van der Waals surface area contributed by atoms with Gasteiger partial charge in [0.25, 0.3) is 0 Å². The van der Waals surface area contributed by atoms with Crippen LogP contribution >= 0.6 is 0 Å². The zero-order valence-corrected chi connectivity index (χ0v) is 15.6. The van der Waals surface area contributed by atoms with E-state index in [4.69, 9.17) is 18.6 Å². The summed E-state index contributed by atoms with van der Waals surface area (Å²) >= 11 is 0. The van der Waals surface area contributed by atoms with Crippen molar-refractivity contribution < 1.29 is 23.0 Å². The molecule has 3 aromatic carbocycles. The van der Waals surface area contributed by atoms with Crippen LogP contribution in [0.25, 0.3) is 11.0 Å². The summed E-state index contributed by atoms with van der Waals surface area (Å²) in [4.78, 5) is 12.8. The average molecular weight is 392 g/mol. The zero-order valence-electron chi connectivity index (χ0n) is 15.6. The van der Waals surface area contributed by atoms with Gasteiger partial charge in [0, 0.05) is 11.6 Å². The molecule has 0 saturated carbocycles. The third-order valence-corrected chi connectivity index (χ3v) is 4.36. The second kappa shape index (κ2) is 8.06. The summed E-state index contributed by atoms with van der Waals surface area (Å²) in [6.07, 6.45) is 1.25. The maximum absolute atomic E-state index is 13.7. The third-order valence-electron chi connectivity index (χ3n) is 4.36. The Hall–Kier alpha value is -3.80. The molecular weight excluding hydrogens is 375 g/mol. The van der Waals surface area contributed by atoms with E-state index in [9.17, 15) is 9.18 Å². The minimum absolute atomic E-state index is 0.0435. The van der Waals surface area contributed by atoms with Crippen LogP contribution in [0.1, 0.15) is 5.56 Å². The van der Waals surface area contributed by atoms with E-state index < -0.39 is 0 Å². The molecule has 0 unspecified atom stereocenters. The molecule has 0 aliphatic rings. The highest BCUT2D eigenvalue weighted by Gasteiger charge is 2.12. The molecule has 0 amide bonds. The van der Waals surface area contributed by atoms with Crippen molar-refractivity contribution in [2.24, 2.45) is 0 Å². The minimum Gasteiger partial charge on any atom is -0.493 e. The molecule has 1 heterocycles. The highest BCUT2D eigenvalue weighted by atomic mass is 19.1. The normalized spacial score (nSPS) is 10.7. The first-order chi connectivity index (χ1) is 14.2. The Bertz CT molecular complexity index is 1220. The molecule has 0 aliphatic carbocycles. The van der Waals surface area contributed by atoms with Crippen molar-refractivity contribution in [1.29, 1.82) is 0 Å². The van der Waals surface area contributed by atoms with Gasteiger partial charge in [0.2, 0.25) is 11.2 Å². The summed E-state index contributed by atoms with van der Waals surface area (Å²) in [6.45, 7) is 0.0669. The lowest BCUT2D eigenvalue weighted by Gasteiger charge is -2.10. The van der Waals surface area contributed by atoms with Crippen LogP contribution in [0.3, 0.4) is 0 Å². The maximum atomic E-state index is 13.7. The summed E-state index contributed by atoms with van der Waals surface area (Å²) in [5.74, 6) is 1.08. The zero-order chi connectivity index (χ0) is 20.2. The van der Waals surface area contributed by atoms with Crippen LogP contribution in [0.4, 0.5) is 4.39 Å². The topological polar surface area (TPSA) is 57.9 Å². The van der Waals surface area contributed by atoms with Gasteiger partial charge in [0.05, 0.1) is 12.5 Å². The van der Waals surface area contributed by atoms with Gasteiger partial charge in [-0.05, 0) is 30.3 Å². The highest BCUT2D eigenvalue weighted by Crippen LogP contribution is 2.30. The average Bonchev–Trinajstić information content (AvgIpc) is 2.75. The van der Waals surface area contributed by atoms with Crippen molar-refractivity contribution >= 4 is 11.0 Å². The Morgan fingerprint density at radius 2 is 1.69 bits per heavy atom. The lowest BCUT2D eigenvalue weighted by molar-refractivity contribution is 0.300. The first kappa shape index (κ1) is 18.6. The molecule has 0 radical (unpaired) electrons. The number of para-hydroxylation sites is 2. The van der Waals surface area contributed by atoms with E-state index in [2.05, 4.69) is 0 Å². The van der Waals surface area contributed by atoms with E-state index in [0.29, 0.717) is 33.8 Å². The Labute approximate surface area is 165 Å². The van der Waals surface area contributed by atoms with Crippen molar-refractivity contribution in [2.75, 3.05) is 7.11 Å². The van der Waals surface area contributed by atoms with Gasteiger partial charge in [-0.25, -0.2) is 4.39 Å². The molecule has 0 N–H and O–H groups in total. The molecular formula is C23H17FO5. The summed E-state index contributed by atoms with van der Waals surface area (Å²) in [6, 6.07) is 18.2. The molecule has 0 spiro atoms. The summed E-state index contributed by atoms with van der Waals surface area (Å²) in [5.41, 5.74) is 0.459. The number of rotatable bonds is 6. The molecule has 0 saturated heterocycles. The highest BCUT2D eigenvalue weighted by molar-refractivity contribution is 5.79. The second-order valence-electron chi connectivity index (χ2n) is 6.22. The Balaban J connectivity index is 1.58. The Kier molecular flexibility index (Phi) is 5.16. The second-order valence-corrected chi connectivity index (χ2v) is 6.22. The molecule has 4 rings (SSSR count). The van der Waals surface area contributed by atoms with Crippen LogP contribution in [0.5, 0.6) is 23.0 Å². The number of hydrogen-bond acceptors (Lipinski definition) is 5. The van der Waals surface area contributed by atoms with E-state index in [1.54, 1.807) is 60.7 Å². The molecule has 5 nitrogen and oxygen atoms in total. The molecule has 0 atom stereocenters. The molecule has 6 heteroatoms. The standard InChI is InChI=1S/C23H17FO5/c1-26-19-8-4-5-9-20(19)29-22-14-28-21-12-16(10-11-17(21)23(22)25)27-13-15-6-2-3-7-18(15)24/h2-12,14H,13H2,1H3. The van der Waals surface area contributed by atoms with Gasteiger partial charge in [0.1, 0.15) is 30.0 Å². The van der Waals surface area contributed by atoms with E-state index in [-0.39, 0.29) is 23.6 Å². The number of benzene rings is 3. The van der Waals surface area contributed by atoms with Crippen LogP contribution in [0.2, 0.25) is 0 Å². The Morgan fingerprint density at radius 1 is 0.931 bits per heavy atom. The smallest absolute Gasteiger partial charge is 0.235 e. The molecule has 29 heavy (non-hydrogen) atoms. The van der Waals surface area contributed by atoms with E-state index >= 15 is 0 Å². The number of halogens is 1. The van der Waals surface area contributed by atoms with E-state index in [1.807, 2.05) is 0 Å². The van der Waals surface area contributed by atoms with Crippen LogP contribution in [-0.4, -0.2) is 7.11 Å².